The van der Waals surface area contributed by atoms with Crippen LogP contribution in [0.5, 0.6) is 0 Å². The van der Waals surface area contributed by atoms with E-state index in [1.54, 1.807) is 0 Å². The highest BCUT2D eigenvalue weighted by Crippen LogP contribution is 2.43. The number of benzene rings is 1. The van der Waals surface area contributed by atoms with Crippen molar-refractivity contribution in [2.45, 2.75) is 52.0 Å². The van der Waals surface area contributed by atoms with Crippen LogP contribution in [-0.4, -0.2) is 12.5 Å². The zero-order valence-electron chi connectivity index (χ0n) is 13.1. The lowest BCUT2D eigenvalue weighted by Gasteiger charge is -2.26. The molecular weight excluding hydrogens is 260 g/mol. The third-order valence-electron chi connectivity index (χ3n) is 4.93. The minimum absolute atomic E-state index is 0.149. The Morgan fingerprint density at radius 3 is 2.86 bits per heavy atom. The second-order valence-corrected chi connectivity index (χ2v) is 6.55. The standard InChI is InChI=1S/C18H26N2O/c1-3-19-18(12(2)13-7-8-13)15-9-10-16-14(11-15)5-4-6-17(21)20-16/h9-13,18-19H,3-8H2,1-2H3,(H,20,21). The van der Waals surface area contributed by atoms with Crippen LogP contribution in [0.25, 0.3) is 0 Å². The fraction of sp³-hybridized carbons (Fsp3) is 0.611. The summed E-state index contributed by atoms with van der Waals surface area (Å²) in [5, 5.41) is 6.69. The molecule has 2 aliphatic rings. The van der Waals surface area contributed by atoms with Crippen molar-refractivity contribution < 1.29 is 4.79 Å². The Bertz CT molecular complexity index is 522. The van der Waals surface area contributed by atoms with Crippen LogP contribution in [0.3, 0.4) is 0 Å². The van der Waals surface area contributed by atoms with Gasteiger partial charge in [-0.25, -0.2) is 0 Å². The number of hydrogen-bond acceptors (Lipinski definition) is 2. The lowest BCUT2D eigenvalue weighted by Crippen LogP contribution is -2.28. The van der Waals surface area contributed by atoms with E-state index in [0.29, 0.717) is 18.4 Å². The molecule has 0 spiro atoms. The highest BCUT2D eigenvalue weighted by molar-refractivity contribution is 5.92. The van der Waals surface area contributed by atoms with Gasteiger partial charge in [-0.2, -0.15) is 0 Å². The second-order valence-electron chi connectivity index (χ2n) is 6.55. The maximum Gasteiger partial charge on any atom is 0.224 e. The van der Waals surface area contributed by atoms with Crippen LogP contribution in [0.1, 0.15) is 56.7 Å². The highest BCUT2D eigenvalue weighted by atomic mass is 16.1. The molecule has 1 fully saturated rings. The van der Waals surface area contributed by atoms with E-state index in [0.717, 1.165) is 31.0 Å². The van der Waals surface area contributed by atoms with E-state index >= 15 is 0 Å². The molecular formula is C18H26N2O. The van der Waals surface area contributed by atoms with Crippen molar-refractivity contribution in [1.29, 1.82) is 0 Å². The Kier molecular flexibility index (Phi) is 4.29. The van der Waals surface area contributed by atoms with Gasteiger partial charge in [0, 0.05) is 18.2 Å². The lowest BCUT2D eigenvalue weighted by atomic mass is 9.89. The molecule has 0 bridgehead atoms. The summed E-state index contributed by atoms with van der Waals surface area (Å²) < 4.78 is 0. The summed E-state index contributed by atoms with van der Waals surface area (Å²) in [6, 6.07) is 7.04. The summed E-state index contributed by atoms with van der Waals surface area (Å²) in [6.45, 7) is 5.55. The van der Waals surface area contributed by atoms with Crippen molar-refractivity contribution in [2.24, 2.45) is 11.8 Å². The van der Waals surface area contributed by atoms with Gasteiger partial charge >= 0.3 is 0 Å². The Labute approximate surface area is 127 Å². The van der Waals surface area contributed by atoms with Gasteiger partial charge < -0.3 is 10.6 Å². The molecule has 21 heavy (non-hydrogen) atoms. The molecule has 0 saturated heterocycles. The molecule has 0 radical (unpaired) electrons. The minimum Gasteiger partial charge on any atom is -0.326 e. The molecule has 1 heterocycles. The molecule has 2 N–H and O–H groups in total. The van der Waals surface area contributed by atoms with Gasteiger partial charge in [-0.05, 0) is 61.3 Å². The van der Waals surface area contributed by atoms with Gasteiger partial charge in [0.25, 0.3) is 0 Å². The number of amides is 1. The number of carbonyl (C=O) groups is 1. The molecule has 1 amide bonds. The Morgan fingerprint density at radius 1 is 1.33 bits per heavy atom. The number of rotatable bonds is 5. The van der Waals surface area contributed by atoms with E-state index in [2.05, 4.69) is 42.7 Å². The van der Waals surface area contributed by atoms with E-state index in [1.165, 1.54) is 24.0 Å². The number of anilines is 1. The first kappa shape index (κ1) is 14.6. The minimum atomic E-state index is 0.149. The molecule has 0 aromatic heterocycles. The average molecular weight is 286 g/mol. The average Bonchev–Trinajstić information content (AvgIpc) is 3.30. The van der Waals surface area contributed by atoms with E-state index in [4.69, 9.17) is 0 Å². The van der Waals surface area contributed by atoms with Crippen LogP contribution < -0.4 is 10.6 Å². The van der Waals surface area contributed by atoms with Crippen molar-refractivity contribution in [3.8, 4) is 0 Å². The SMILES string of the molecule is CCNC(c1ccc2c(c1)CCCC(=O)N2)C(C)C1CC1. The third kappa shape index (κ3) is 3.29. The second kappa shape index (κ2) is 6.18. The molecule has 3 heteroatoms. The van der Waals surface area contributed by atoms with Crippen molar-refractivity contribution in [2.75, 3.05) is 11.9 Å². The number of fused-ring (bicyclic) bond motifs is 1. The van der Waals surface area contributed by atoms with Crippen LogP contribution in [0.15, 0.2) is 18.2 Å². The fourth-order valence-electron chi connectivity index (χ4n) is 3.51. The third-order valence-corrected chi connectivity index (χ3v) is 4.93. The zero-order chi connectivity index (χ0) is 14.8. The van der Waals surface area contributed by atoms with Crippen LogP contribution in [0, 0.1) is 11.8 Å². The maximum absolute atomic E-state index is 11.6. The first-order valence-corrected chi connectivity index (χ1v) is 8.35. The monoisotopic (exact) mass is 286 g/mol. The number of nitrogens with one attached hydrogen (secondary N) is 2. The summed E-state index contributed by atoms with van der Waals surface area (Å²) in [7, 11) is 0. The number of aryl methyl sites for hydroxylation is 1. The normalized spacial score (nSPS) is 21.1. The molecule has 1 aromatic rings. The van der Waals surface area contributed by atoms with Crippen molar-refractivity contribution in [1.82, 2.24) is 5.32 Å². The van der Waals surface area contributed by atoms with Gasteiger partial charge in [-0.3, -0.25) is 4.79 Å². The summed E-state index contributed by atoms with van der Waals surface area (Å²) in [4.78, 5) is 11.6. The molecule has 3 nitrogen and oxygen atoms in total. The molecule has 2 unspecified atom stereocenters. The van der Waals surface area contributed by atoms with Gasteiger partial charge in [0.2, 0.25) is 5.91 Å². The fourth-order valence-corrected chi connectivity index (χ4v) is 3.51. The van der Waals surface area contributed by atoms with Gasteiger partial charge in [-0.15, -0.1) is 0 Å². The number of hydrogen-bond donors (Lipinski definition) is 2. The topological polar surface area (TPSA) is 41.1 Å². The molecule has 1 aliphatic carbocycles. The summed E-state index contributed by atoms with van der Waals surface area (Å²) >= 11 is 0. The molecule has 114 valence electrons. The lowest BCUT2D eigenvalue weighted by molar-refractivity contribution is -0.116. The van der Waals surface area contributed by atoms with Crippen molar-refractivity contribution in [3.05, 3.63) is 29.3 Å². The van der Waals surface area contributed by atoms with E-state index in [9.17, 15) is 4.79 Å². The van der Waals surface area contributed by atoms with Crippen LogP contribution in [0.2, 0.25) is 0 Å². The number of carbonyl (C=O) groups excluding carboxylic acids is 1. The first-order valence-electron chi connectivity index (χ1n) is 8.35. The van der Waals surface area contributed by atoms with Gasteiger partial charge in [0.15, 0.2) is 0 Å². The smallest absolute Gasteiger partial charge is 0.224 e. The Morgan fingerprint density at radius 2 is 2.14 bits per heavy atom. The van der Waals surface area contributed by atoms with E-state index in [1.807, 2.05) is 0 Å². The first-order chi connectivity index (χ1) is 10.2. The molecule has 1 saturated carbocycles. The van der Waals surface area contributed by atoms with Gasteiger partial charge in [0.05, 0.1) is 0 Å². The van der Waals surface area contributed by atoms with Crippen LogP contribution in [0.4, 0.5) is 5.69 Å². The molecule has 1 aromatic carbocycles. The predicted octanol–water partition coefficient (Wildman–Crippen LogP) is 3.66. The largest absolute Gasteiger partial charge is 0.326 e. The van der Waals surface area contributed by atoms with Crippen LogP contribution in [-0.2, 0) is 11.2 Å². The van der Waals surface area contributed by atoms with E-state index in [-0.39, 0.29) is 5.91 Å². The predicted molar refractivity (Wildman–Crippen MR) is 86.3 cm³/mol. The van der Waals surface area contributed by atoms with Crippen molar-refractivity contribution in [3.63, 3.8) is 0 Å². The Hall–Kier alpha value is -1.35. The highest BCUT2D eigenvalue weighted by Gasteiger charge is 2.33. The van der Waals surface area contributed by atoms with Gasteiger partial charge in [0.1, 0.15) is 0 Å². The Balaban J connectivity index is 1.86. The van der Waals surface area contributed by atoms with E-state index < -0.39 is 0 Å². The molecule has 2 atom stereocenters. The maximum atomic E-state index is 11.6. The summed E-state index contributed by atoms with van der Waals surface area (Å²) in [5.41, 5.74) is 3.69. The molecule has 1 aliphatic heterocycles. The van der Waals surface area contributed by atoms with Crippen molar-refractivity contribution >= 4 is 11.6 Å². The molecule has 3 rings (SSSR count). The zero-order valence-corrected chi connectivity index (χ0v) is 13.1. The quantitative estimate of drug-likeness (QED) is 0.867. The summed E-state index contributed by atoms with van der Waals surface area (Å²) in [6.07, 6.45) is 5.35. The summed E-state index contributed by atoms with van der Waals surface area (Å²) in [5.74, 6) is 1.71. The van der Waals surface area contributed by atoms with Crippen LogP contribution >= 0.6 is 0 Å². The van der Waals surface area contributed by atoms with Gasteiger partial charge in [-0.1, -0.05) is 26.0 Å².